The van der Waals surface area contributed by atoms with Gasteiger partial charge in [0.2, 0.25) is 5.82 Å². The van der Waals surface area contributed by atoms with Crippen LogP contribution in [0.4, 0.5) is 5.82 Å². The molecule has 8 nitrogen and oxygen atoms in total. The van der Waals surface area contributed by atoms with Crippen molar-refractivity contribution >= 4 is 5.82 Å². The molecule has 0 aliphatic carbocycles. The highest BCUT2D eigenvalue weighted by atomic mass is 16.5. The fourth-order valence-electron chi connectivity index (χ4n) is 5.02. The number of benzene rings is 2. The van der Waals surface area contributed by atoms with Gasteiger partial charge >= 0.3 is 0 Å². The summed E-state index contributed by atoms with van der Waals surface area (Å²) in [4.78, 5) is 15.7. The quantitative estimate of drug-likeness (QED) is 0.560. The number of fused-ring (bicyclic) bond motifs is 1. The molecule has 0 unspecified atom stereocenters. The third kappa shape index (κ3) is 4.75. The molecule has 0 bridgehead atoms. The number of rotatable bonds is 7. The number of hydrogen-bond acceptors (Lipinski definition) is 7. The summed E-state index contributed by atoms with van der Waals surface area (Å²) in [6, 6.07) is 12.3. The SMILES string of the molecule is CCN1CCC[C@@H](Nc2nnc(-c3c(C)cc4c(c3OCc3ccccc3)CCO4)n(C)c2=O)C1. The van der Waals surface area contributed by atoms with Crippen LogP contribution >= 0.6 is 0 Å². The zero-order chi connectivity index (χ0) is 24.4. The van der Waals surface area contributed by atoms with Crippen LogP contribution in [0.1, 0.15) is 36.5 Å². The topological polar surface area (TPSA) is 81.5 Å². The summed E-state index contributed by atoms with van der Waals surface area (Å²) in [5, 5.41) is 12.2. The summed E-state index contributed by atoms with van der Waals surface area (Å²) in [6.07, 6.45) is 2.88. The number of nitrogens with one attached hydrogen (secondary N) is 1. The summed E-state index contributed by atoms with van der Waals surface area (Å²) in [6.45, 7) is 8.20. The van der Waals surface area contributed by atoms with E-state index in [2.05, 4.69) is 27.3 Å². The Labute approximate surface area is 205 Å². The van der Waals surface area contributed by atoms with Gasteiger partial charge in [-0.25, -0.2) is 0 Å². The minimum absolute atomic E-state index is 0.186. The fourth-order valence-corrected chi connectivity index (χ4v) is 5.02. The Morgan fingerprint density at radius 2 is 2.06 bits per heavy atom. The molecule has 8 heteroatoms. The smallest absolute Gasteiger partial charge is 0.296 e. The van der Waals surface area contributed by atoms with Crippen molar-refractivity contribution in [2.24, 2.45) is 7.05 Å². The summed E-state index contributed by atoms with van der Waals surface area (Å²) in [7, 11) is 1.75. The molecule has 5 rings (SSSR count). The molecule has 2 aromatic carbocycles. The van der Waals surface area contributed by atoms with E-state index in [1.807, 2.05) is 43.3 Å². The van der Waals surface area contributed by atoms with E-state index in [1.54, 1.807) is 11.6 Å². The van der Waals surface area contributed by atoms with Crippen molar-refractivity contribution in [3.05, 3.63) is 63.4 Å². The first-order valence-corrected chi connectivity index (χ1v) is 12.4. The van der Waals surface area contributed by atoms with Gasteiger partial charge in [0.15, 0.2) is 5.82 Å². The van der Waals surface area contributed by atoms with E-state index >= 15 is 0 Å². The lowest BCUT2D eigenvalue weighted by Crippen LogP contribution is -2.43. The van der Waals surface area contributed by atoms with E-state index in [4.69, 9.17) is 9.47 Å². The fraction of sp³-hybridized carbons (Fsp3) is 0.444. The van der Waals surface area contributed by atoms with Crippen molar-refractivity contribution in [3.63, 3.8) is 0 Å². The molecule has 1 atom stereocenters. The molecule has 1 N–H and O–H groups in total. The lowest BCUT2D eigenvalue weighted by Gasteiger charge is -2.32. The summed E-state index contributed by atoms with van der Waals surface area (Å²) in [5.41, 5.74) is 3.62. The van der Waals surface area contributed by atoms with Gasteiger partial charge in [-0.1, -0.05) is 37.3 Å². The third-order valence-corrected chi connectivity index (χ3v) is 6.96. The molecule has 0 spiro atoms. The van der Waals surface area contributed by atoms with Gasteiger partial charge in [-0.3, -0.25) is 9.36 Å². The van der Waals surface area contributed by atoms with E-state index in [0.717, 1.165) is 72.6 Å². The van der Waals surface area contributed by atoms with Crippen LogP contribution in [0.5, 0.6) is 11.5 Å². The van der Waals surface area contributed by atoms with Crippen LogP contribution in [0.2, 0.25) is 0 Å². The van der Waals surface area contributed by atoms with Crippen molar-refractivity contribution < 1.29 is 9.47 Å². The molecular formula is C27H33N5O3. The Hall–Kier alpha value is -3.39. The predicted octanol–water partition coefficient (Wildman–Crippen LogP) is 3.56. The average Bonchev–Trinajstić information content (AvgIpc) is 3.35. The molecule has 0 radical (unpaired) electrons. The van der Waals surface area contributed by atoms with Crippen LogP contribution < -0.4 is 20.3 Å². The van der Waals surface area contributed by atoms with Gasteiger partial charge in [0.25, 0.3) is 5.56 Å². The van der Waals surface area contributed by atoms with Gasteiger partial charge in [0.05, 0.1) is 12.2 Å². The molecule has 3 heterocycles. The molecule has 184 valence electrons. The van der Waals surface area contributed by atoms with Gasteiger partial charge < -0.3 is 19.7 Å². The number of aromatic nitrogens is 3. The second kappa shape index (κ2) is 10.1. The third-order valence-electron chi connectivity index (χ3n) is 6.96. The first kappa shape index (κ1) is 23.4. The van der Waals surface area contributed by atoms with Crippen LogP contribution in [0.25, 0.3) is 11.4 Å². The Balaban J connectivity index is 1.49. The monoisotopic (exact) mass is 475 g/mol. The van der Waals surface area contributed by atoms with E-state index in [-0.39, 0.29) is 11.6 Å². The standard InChI is InChI=1S/C27H33N5O3/c1-4-32-13-8-11-20(16-32)28-25-27(33)31(3)26(30-29-25)23-18(2)15-22-21(12-14-34-22)24(23)35-17-19-9-6-5-7-10-19/h5-7,9-10,15,20H,4,8,11-14,16-17H2,1-3H3,(H,28,29)/t20-/m1/s1. The highest BCUT2D eigenvalue weighted by Gasteiger charge is 2.27. The number of anilines is 1. The van der Waals surface area contributed by atoms with Crippen molar-refractivity contribution in [2.75, 3.05) is 31.6 Å². The van der Waals surface area contributed by atoms with Crippen LogP contribution in [0, 0.1) is 6.92 Å². The lowest BCUT2D eigenvalue weighted by molar-refractivity contribution is 0.226. The summed E-state index contributed by atoms with van der Waals surface area (Å²) in [5.74, 6) is 2.35. The Morgan fingerprint density at radius 3 is 2.86 bits per heavy atom. The van der Waals surface area contributed by atoms with Gasteiger partial charge in [0.1, 0.15) is 18.1 Å². The number of likely N-dealkylation sites (N-methyl/N-ethyl adjacent to an activating group) is 1. The number of aryl methyl sites for hydroxylation is 1. The molecule has 1 fully saturated rings. The highest BCUT2D eigenvalue weighted by Crippen LogP contribution is 2.43. The van der Waals surface area contributed by atoms with Crippen LogP contribution in [0.3, 0.4) is 0 Å². The van der Waals surface area contributed by atoms with E-state index in [1.165, 1.54) is 0 Å². The van der Waals surface area contributed by atoms with Crippen LogP contribution in [-0.2, 0) is 20.1 Å². The second-order valence-corrected chi connectivity index (χ2v) is 9.36. The Bertz CT molecular complexity index is 1260. The van der Waals surface area contributed by atoms with Gasteiger partial charge in [-0.05, 0) is 50.0 Å². The molecule has 1 saturated heterocycles. The lowest BCUT2D eigenvalue weighted by atomic mass is 10.00. The average molecular weight is 476 g/mol. The predicted molar refractivity (Wildman–Crippen MR) is 136 cm³/mol. The second-order valence-electron chi connectivity index (χ2n) is 9.36. The normalized spacial score (nSPS) is 17.6. The Kier molecular flexibility index (Phi) is 6.72. The minimum Gasteiger partial charge on any atom is -0.493 e. The maximum Gasteiger partial charge on any atom is 0.296 e. The molecule has 2 aliphatic heterocycles. The molecule has 1 aromatic heterocycles. The van der Waals surface area contributed by atoms with Crippen molar-refractivity contribution in [1.82, 2.24) is 19.7 Å². The highest BCUT2D eigenvalue weighted by molar-refractivity contribution is 5.74. The first-order chi connectivity index (χ1) is 17.0. The maximum atomic E-state index is 13.3. The molecular weight excluding hydrogens is 442 g/mol. The molecule has 2 aliphatic rings. The van der Waals surface area contributed by atoms with Gasteiger partial charge in [0, 0.05) is 31.6 Å². The Morgan fingerprint density at radius 1 is 1.23 bits per heavy atom. The van der Waals surface area contributed by atoms with Gasteiger partial charge in [-0.15, -0.1) is 10.2 Å². The first-order valence-electron chi connectivity index (χ1n) is 12.4. The zero-order valence-electron chi connectivity index (χ0n) is 20.7. The van der Waals surface area contributed by atoms with Crippen LogP contribution in [0.15, 0.2) is 41.2 Å². The number of hydrogen-bond donors (Lipinski definition) is 1. The number of piperidine rings is 1. The zero-order valence-corrected chi connectivity index (χ0v) is 20.7. The summed E-state index contributed by atoms with van der Waals surface area (Å²) >= 11 is 0. The van der Waals surface area contributed by atoms with Crippen molar-refractivity contribution in [3.8, 4) is 22.9 Å². The summed E-state index contributed by atoms with van der Waals surface area (Å²) < 4.78 is 13.8. The van der Waals surface area contributed by atoms with Crippen LogP contribution in [-0.4, -0.2) is 51.9 Å². The van der Waals surface area contributed by atoms with E-state index < -0.39 is 0 Å². The number of nitrogens with zero attached hydrogens (tertiary/aromatic N) is 4. The largest absolute Gasteiger partial charge is 0.493 e. The van der Waals surface area contributed by atoms with Crippen molar-refractivity contribution in [2.45, 2.75) is 45.8 Å². The molecule has 3 aromatic rings. The molecule has 35 heavy (non-hydrogen) atoms. The number of ether oxygens (including phenoxy) is 2. The van der Waals surface area contributed by atoms with Crippen molar-refractivity contribution in [1.29, 1.82) is 0 Å². The number of likely N-dealkylation sites (tertiary alicyclic amines) is 1. The molecule has 0 amide bonds. The van der Waals surface area contributed by atoms with E-state index in [0.29, 0.717) is 24.9 Å². The molecule has 0 saturated carbocycles. The minimum atomic E-state index is -0.186. The maximum absolute atomic E-state index is 13.3. The van der Waals surface area contributed by atoms with E-state index in [9.17, 15) is 4.79 Å². The van der Waals surface area contributed by atoms with Gasteiger partial charge in [-0.2, -0.15) is 0 Å².